The minimum absolute atomic E-state index is 0.453. The third-order valence-electron chi connectivity index (χ3n) is 5.20. The lowest BCUT2D eigenvalue weighted by molar-refractivity contribution is 0.100. The van der Waals surface area contributed by atoms with Crippen LogP contribution in [0.3, 0.4) is 0 Å². The Morgan fingerprint density at radius 1 is 1.12 bits per heavy atom. The van der Waals surface area contributed by atoms with E-state index in [4.69, 9.17) is 5.73 Å². The molecule has 0 radical (unpaired) electrons. The molecule has 5 nitrogen and oxygen atoms in total. The van der Waals surface area contributed by atoms with E-state index in [1.807, 2.05) is 18.3 Å². The van der Waals surface area contributed by atoms with Gasteiger partial charge in [0.15, 0.2) is 0 Å². The molecule has 1 amide bonds. The van der Waals surface area contributed by atoms with Crippen LogP contribution in [0.4, 0.5) is 0 Å². The highest BCUT2D eigenvalue weighted by Crippen LogP contribution is 2.20. The highest BCUT2D eigenvalue weighted by Gasteiger charge is 2.13. The standard InChI is InChI=1S/C21H24N4O/c22-21(26)19-8-4-5-16-14-25(24-20(16)19)18-11-9-15(10-12-18)13-23-17-6-2-1-3-7-17/h4-5,8-12,14,17,23H,1-3,6-7,13H2,(H2,22,26). The van der Waals surface area contributed by atoms with Crippen LogP contribution < -0.4 is 11.1 Å². The predicted molar refractivity (Wildman–Crippen MR) is 103 cm³/mol. The maximum atomic E-state index is 11.6. The van der Waals surface area contributed by atoms with E-state index in [-0.39, 0.29) is 0 Å². The number of nitrogens with zero attached hydrogens (tertiary/aromatic N) is 2. The molecule has 3 aromatic rings. The van der Waals surface area contributed by atoms with Gasteiger partial charge in [-0.1, -0.05) is 43.5 Å². The zero-order valence-corrected chi connectivity index (χ0v) is 14.8. The summed E-state index contributed by atoms with van der Waals surface area (Å²) >= 11 is 0. The van der Waals surface area contributed by atoms with Crippen molar-refractivity contribution in [3.63, 3.8) is 0 Å². The molecule has 0 unspecified atom stereocenters. The van der Waals surface area contributed by atoms with Crippen molar-refractivity contribution < 1.29 is 4.79 Å². The molecule has 1 fully saturated rings. The molecular weight excluding hydrogens is 324 g/mol. The molecular formula is C21H24N4O. The smallest absolute Gasteiger partial charge is 0.250 e. The summed E-state index contributed by atoms with van der Waals surface area (Å²) in [5.41, 5.74) is 8.78. The first-order valence-corrected chi connectivity index (χ1v) is 9.31. The lowest BCUT2D eigenvalue weighted by atomic mass is 9.95. The highest BCUT2D eigenvalue weighted by molar-refractivity contribution is 6.04. The van der Waals surface area contributed by atoms with Gasteiger partial charge in [0.25, 0.3) is 5.91 Å². The largest absolute Gasteiger partial charge is 0.366 e. The van der Waals surface area contributed by atoms with Crippen molar-refractivity contribution in [2.75, 3.05) is 0 Å². The van der Waals surface area contributed by atoms with Crippen LogP contribution in [0.25, 0.3) is 16.6 Å². The molecule has 0 aliphatic heterocycles. The molecule has 0 saturated heterocycles. The molecule has 0 atom stereocenters. The van der Waals surface area contributed by atoms with Crippen molar-refractivity contribution in [1.82, 2.24) is 15.1 Å². The molecule has 1 aliphatic carbocycles. The number of nitrogens with two attached hydrogens (primary N) is 1. The zero-order valence-electron chi connectivity index (χ0n) is 14.8. The van der Waals surface area contributed by atoms with E-state index in [1.165, 1.54) is 37.7 Å². The molecule has 4 rings (SSSR count). The summed E-state index contributed by atoms with van der Waals surface area (Å²) in [5.74, 6) is -0.454. The number of carbonyl (C=O) groups excluding carboxylic acids is 1. The third-order valence-corrected chi connectivity index (χ3v) is 5.20. The lowest BCUT2D eigenvalue weighted by Crippen LogP contribution is -2.30. The van der Waals surface area contributed by atoms with Crippen LogP contribution in [0.5, 0.6) is 0 Å². The quantitative estimate of drug-likeness (QED) is 0.740. The maximum Gasteiger partial charge on any atom is 0.250 e. The van der Waals surface area contributed by atoms with Gasteiger partial charge in [-0.3, -0.25) is 4.79 Å². The van der Waals surface area contributed by atoms with Gasteiger partial charge in [0.1, 0.15) is 5.52 Å². The average molecular weight is 348 g/mol. The van der Waals surface area contributed by atoms with Gasteiger partial charge in [0.2, 0.25) is 0 Å². The second-order valence-corrected chi connectivity index (χ2v) is 7.06. The number of rotatable bonds is 5. The normalized spacial score (nSPS) is 15.4. The van der Waals surface area contributed by atoms with Crippen molar-refractivity contribution in [2.24, 2.45) is 5.73 Å². The summed E-state index contributed by atoms with van der Waals surface area (Å²) < 4.78 is 1.80. The van der Waals surface area contributed by atoms with Crippen molar-refractivity contribution in [3.05, 3.63) is 59.8 Å². The first kappa shape index (κ1) is 16.8. The van der Waals surface area contributed by atoms with Gasteiger partial charge < -0.3 is 11.1 Å². The molecule has 26 heavy (non-hydrogen) atoms. The monoisotopic (exact) mass is 348 g/mol. The predicted octanol–water partition coefficient (Wildman–Crippen LogP) is 3.55. The van der Waals surface area contributed by atoms with E-state index in [0.29, 0.717) is 17.1 Å². The van der Waals surface area contributed by atoms with Crippen LogP contribution in [0.15, 0.2) is 48.7 Å². The Morgan fingerprint density at radius 2 is 1.88 bits per heavy atom. The molecule has 0 spiro atoms. The maximum absolute atomic E-state index is 11.6. The van der Waals surface area contributed by atoms with E-state index in [1.54, 1.807) is 10.7 Å². The Morgan fingerprint density at radius 3 is 2.62 bits per heavy atom. The van der Waals surface area contributed by atoms with Crippen molar-refractivity contribution >= 4 is 16.8 Å². The Bertz CT molecular complexity index is 907. The lowest BCUT2D eigenvalue weighted by Gasteiger charge is -2.22. The Hall–Kier alpha value is -2.66. The second-order valence-electron chi connectivity index (χ2n) is 7.06. The number of hydrogen-bond acceptors (Lipinski definition) is 3. The number of benzene rings is 2. The van der Waals surface area contributed by atoms with Crippen LogP contribution in [-0.4, -0.2) is 21.7 Å². The number of nitrogens with one attached hydrogen (secondary N) is 1. The average Bonchev–Trinajstić information content (AvgIpc) is 3.11. The molecule has 1 saturated carbocycles. The SMILES string of the molecule is NC(=O)c1cccc2cn(-c3ccc(CNC4CCCCC4)cc3)nc12. The molecule has 3 N–H and O–H groups in total. The van der Waals surface area contributed by atoms with Gasteiger partial charge in [-0.25, -0.2) is 4.68 Å². The molecule has 1 heterocycles. The second kappa shape index (κ2) is 7.30. The van der Waals surface area contributed by atoms with E-state index in [9.17, 15) is 4.79 Å². The summed E-state index contributed by atoms with van der Waals surface area (Å²) in [7, 11) is 0. The minimum atomic E-state index is -0.454. The van der Waals surface area contributed by atoms with Crippen LogP contribution in [0, 0.1) is 0 Å². The summed E-state index contributed by atoms with van der Waals surface area (Å²) in [6.45, 7) is 0.901. The molecule has 1 aliphatic rings. The van der Waals surface area contributed by atoms with Gasteiger partial charge >= 0.3 is 0 Å². The number of fused-ring (bicyclic) bond motifs is 1. The molecule has 134 valence electrons. The van der Waals surface area contributed by atoms with Crippen molar-refractivity contribution in [3.8, 4) is 5.69 Å². The molecule has 2 aromatic carbocycles. The molecule has 1 aromatic heterocycles. The van der Waals surface area contributed by atoms with E-state index in [2.05, 4.69) is 34.7 Å². The third kappa shape index (κ3) is 3.48. The Labute approximate surface area is 153 Å². The van der Waals surface area contributed by atoms with E-state index < -0.39 is 5.91 Å². The van der Waals surface area contributed by atoms with Crippen LogP contribution in [0.2, 0.25) is 0 Å². The van der Waals surface area contributed by atoms with E-state index >= 15 is 0 Å². The summed E-state index contributed by atoms with van der Waals surface area (Å²) in [6.07, 6.45) is 8.58. The Kier molecular flexibility index (Phi) is 4.71. The van der Waals surface area contributed by atoms with Gasteiger partial charge in [0, 0.05) is 24.2 Å². The fourth-order valence-electron chi connectivity index (χ4n) is 3.71. The fourth-order valence-corrected chi connectivity index (χ4v) is 3.71. The highest BCUT2D eigenvalue weighted by atomic mass is 16.1. The molecule has 0 bridgehead atoms. The van der Waals surface area contributed by atoms with Crippen LogP contribution >= 0.6 is 0 Å². The number of primary amides is 1. The zero-order chi connectivity index (χ0) is 17.9. The first-order chi connectivity index (χ1) is 12.7. The number of hydrogen-bond donors (Lipinski definition) is 2. The summed E-state index contributed by atoms with van der Waals surface area (Å²) in [5, 5.41) is 9.12. The summed E-state index contributed by atoms with van der Waals surface area (Å²) in [6, 6.07) is 14.5. The number of carbonyl (C=O) groups is 1. The first-order valence-electron chi connectivity index (χ1n) is 9.31. The van der Waals surface area contributed by atoms with Crippen molar-refractivity contribution in [1.29, 1.82) is 0 Å². The van der Waals surface area contributed by atoms with Gasteiger partial charge in [-0.2, -0.15) is 5.10 Å². The fraction of sp³-hybridized carbons (Fsp3) is 0.333. The summed E-state index contributed by atoms with van der Waals surface area (Å²) in [4.78, 5) is 11.6. The number of amides is 1. The minimum Gasteiger partial charge on any atom is -0.366 e. The topological polar surface area (TPSA) is 72.9 Å². The van der Waals surface area contributed by atoms with Gasteiger partial charge in [0.05, 0.1) is 11.3 Å². The molecule has 5 heteroatoms. The van der Waals surface area contributed by atoms with E-state index in [0.717, 1.165) is 17.6 Å². The number of aromatic nitrogens is 2. The van der Waals surface area contributed by atoms with Crippen LogP contribution in [-0.2, 0) is 6.54 Å². The van der Waals surface area contributed by atoms with Crippen LogP contribution in [0.1, 0.15) is 48.0 Å². The Balaban J connectivity index is 1.50. The van der Waals surface area contributed by atoms with Gasteiger partial charge in [-0.15, -0.1) is 0 Å². The van der Waals surface area contributed by atoms with Crippen molar-refractivity contribution in [2.45, 2.75) is 44.7 Å². The van der Waals surface area contributed by atoms with Gasteiger partial charge in [-0.05, 0) is 36.6 Å².